The smallest absolute Gasteiger partial charge is 0.343 e. The minimum absolute atomic E-state index is 0.0258. The van der Waals surface area contributed by atoms with Crippen LogP contribution in [0.2, 0.25) is 0 Å². The average molecular weight is 849 g/mol. The molecule has 1 unspecified atom stereocenters. The van der Waals surface area contributed by atoms with E-state index in [2.05, 4.69) is 42.4 Å². The van der Waals surface area contributed by atoms with Crippen LogP contribution in [0.5, 0.6) is 11.5 Å². The van der Waals surface area contributed by atoms with Gasteiger partial charge in [-0.3, -0.25) is 0 Å². The Kier molecular flexibility index (Phi) is 16.4. The van der Waals surface area contributed by atoms with Gasteiger partial charge in [-0.1, -0.05) is 86.8 Å². The van der Waals surface area contributed by atoms with Crippen LogP contribution in [0.1, 0.15) is 68.3 Å². The van der Waals surface area contributed by atoms with Crippen molar-refractivity contribution in [1.82, 2.24) is 0 Å². The van der Waals surface area contributed by atoms with Gasteiger partial charge in [0.1, 0.15) is 23.8 Å². The van der Waals surface area contributed by atoms with Gasteiger partial charge in [-0.15, -0.1) is 5.10 Å². The van der Waals surface area contributed by atoms with Gasteiger partial charge in [-0.2, -0.15) is 5.10 Å². The predicted molar refractivity (Wildman–Crippen MR) is 240 cm³/mol. The molecule has 0 heterocycles. The van der Waals surface area contributed by atoms with Crippen molar-refractivity contribution in [1.29, 1.82) is 0 Å². The molecule has 0 N–H and O–H groups in total. The molecule has 0 aliphatic heterocycles. The quantitative estimate of drug-likeness (QED) is 0.0124. The second-order valence-corrected chi connectivity index (χ2v) is 14.2. The number of benzene rings is 5. The van der Waals surface area contributed by atoms with Gasteiger partial charge in [-0.25, -0.2) is 19.2 Å². The van der Waals surface area contributed by atoms with Crippen molar-refractivity contribution in [3.8, 4) is 22.6 Å². The summed E-state index contributed by atoms with van der Waals surface area (Å²) in [4.78, 5) is 49.4. The van der Waals surface area contributed by atoms with Gasteiger partial charge in [0.2, 0.25) is 0 Å². The zero-order valence-electron chi connectivity index (χ0n) is 35.0. The maximum atomic E-state index is 13.5. The standard InChI is InChI=1S/C51H48N2O10/c1-4-35-17-20-37(21-18-35)50(56)60-30-27-36-19-26-46(39(31-36)32-52-53-49-44-15-9-7-13-42(44)43-14-8-10-16-45(43)49)63-51(57)38-22-24-40(25-23-38)61-34-41(62-48(55)6-3)33-58-28-11-12-29-59-47(54)5-2/h5-10,13-26,31-32,41H,2-4,11-12,27-30,33-34H2,1H3/b52-32+. The summed E-state index contributed by atoms with van der Waals surface area (Å²) in [5.74, 6) is -1.48. The highest BCUT2D eigenvalue weighted by molar-refractivity contribution is 6.24. The number of rotatable bonds is 22. The molecule has 0 fully saturated rings. The molecule has 5 aromatic carbocycles. The van der Waals surface area contributed by atoms with Gasteiger partial charge < -0.3 is 28.4 Å². The minimum atomic E-state index is -0.741. The average Bonchev–Trinajstić information content (AvgIpc) is 3.64. The van der Waals surface area contributed by atoms with E-state index in [0.29, 0.717) is 42.7 Å². The summed E-state index contributed by atoms with van der Waals surface area (Å²) in [6.45, 7) is 9.63. The number of fused-ring (bicyclic) bond motifs is 3. The number of carbonyl (C=O) groups excluding carboxylic acids is 4. The molecule has 1 atom stereocenters. The highest BCUT2D eigenvalue weighted by Gasteiger charge is 2.24. The fraction of sp³-hybridized carbons (Fsp3) is 0.216. The van der Waals surface area contributed by atoms with E-state index in [0.717, 1.165) is 57.7 Å². The third-order valence-electron chi connectivity index (χ3n) is 9.88. The molecule has 0 saturated heterocycles. The normalized spacial score (nSPS) is 11.8. The Hall–Kier alpha value is -7.44. The topological polar surface area (TPSA) is 148 Å². The monoisotopic (exact) mass is 848 g/mol. The summed E-state index contributed by atoms with van der Waals surface area (Å²) in [7, 11) is 0. The van der Waals surface area contributed by atoms with Gasteiger partial charge in [-0.05, 0) is 90.0 Å². The molecule has 12 nitrogen and oxygen atoms in total. The van der Waals surface area contributed by atoms with Crippen LogP contribution in [0.15, 0.2) is 151 Å². The van der Waals surface area contributed by atoms with Crippen LogP contribution >= 0.6 is 0 Å². The Bertz CT molecular complexity index is 2430. The Balaban J connectivity index is 1.12. The number of ether oxygens (including phenoxy) is 6. The summed E-state index contributed by atoms with van der Waals surface area (Å²) in [6.07, 6.45) is 5.45. The minimum Gasteiger partial charge on any atom is -0.490 e. The second kappa shape index (κ2) is 23.0. The third-order valence-corrected chi connectivity index (χ3v) is 9.88. The predicted octanol–water partition coefficient (Wildman–Crippen LogP) is 8.72. The molecule has 0 bridgehead atoms. The second-order valence-electron chi connectivity index (χ2n) is 14.2. The zero-order valence-corrected chi connectivity index (χ0v) is 35.0. The van der Waals surface area contributed by atoms with Gasteiger partial charge >= 0.3 is 23.9 Å². The number of carbonyl (C=O) groups is 4. The van der Waals surface area contributed by atoms with Gasteiger partial charge in [0.15, 0.2) is 6.10 Å². The summed E-state index contributed by atoms with van der Waals surface area (Å²) in [5, 5.41) is 9.13. The Morgan fingerprint density at radius 3 is 1.94 bits per heavy atom. The third kappa shape index (κ3) is 12.8. The summed E-state index contributed by atoms with van der Waals surface area (Å²) < 4.78 is 33.4. The first-order valence-electron chi connectivity index (χ1n) is 20.6. The molecule has 12 heteroatoms. The molecular formula is C51H48N2O10. The van der Waals surface area contributed by atoms with Crippen molar-refractivity contribution in [2.45, 2.75) is 38.7 Å². The van der Waals surface area contributed by atoms with Crippen LogP contribution in [0, 0.1) is 0 Å². The van der Waals surface area contributed by atoms with Crippen molar-refractivity contribution in [3.63, 3.8) is 0 Å². The zero-order chi connectivity index (χ0) is 44.4. The molecule has 0 aromatic heterocycles. The molecule has 6 rings (SSSR count). The summed E-state index contributed by atoms with van der Waals surface area (Å²) >= 11 is 0. The number of esters is 4. The van der Waals surface area contributed by atoms with Crippen LogP contribution in [-0.4, -0.2) is 74.9 Å². The van der Waals surface area contributed by atoms with E-state index in [-0.39, 0.29) is 37.7 Å². The lowest BCUT2D eigenvalue weighted by molar-refractivity contribution is -0.148. The molecule has 0 spiro atoms. The van der Waals surface area contributed by atoms with Crippen LogP contribution < -0.4 is 9.47 Å². The number of aryl methyl sites for hydroxylation is 1. The lowest BCUT2D eigenvalue weighted by Crippen LogP contribution is -2.29. The number of hydrogen-bond donors (Lipinski definition) is 0. The SMILES string of the molecule is C=CC(=O)OCCCCOCC(COc1ccc(C(=O)Oc2ccc(CCOC(=O)c3ccc(CC)cc3)cc2/C=N/N=C2c3ccccc3-c3ccccc32)cc1)OC(=O)C=C. The van der Waals surface area contributed by atoms with Crippen molar-refractivity contribution in [3.05, 3.63) is 180 Å². The van der Waals surface area contributed by atoms with Gasteiger partial charge in [0.05, 0.1) is 37.2 Å². The van der Waals surface area contributed by atoms with E-state index >= 15 is 0 Å². The number of unbranched alkanes of at least 4 members (excludes halogenated alkanes) is 1. The molecule has 1 aliphatic rings. The molecule has 0 radical (unpaired) electrons. The van der Waals surface area contributed by atoms with E-state index in [1.54, 1.807) is 54.7 Å². The van der Waals surface area contributed by atoms with Gasteiger partial charge in [0.25, 0.3) is 0 Å². The molecule has 322 valence electrons. The largest absolute Gasteiger partial charge is 0.490 e. The van der Waals surface area contributed by atoms with Crippen molar-refractivity contribution in [2.24, 2.45) is 10.2 Å². The molecule has 1 aliphatic carbocycles. The fourth-order valence-electron chi connectivity index (χ4n) is 6.54. The van der Waals surface area contributed by atoms with Crippen LogP contribution in [0.25, 0.3) is 11.1 Å². The maximum Gasteiger partial charge on any atom is 0.343 e. The molecule has 0 amide bonds. The summed E-state index contributed by atoms with van der Waals surface area (Å²) in [5.41, 5.74) is 7.99. The number of hydrogen-bond acceptors (Lipinski definition) is 12. The number of nitrogens with zero attached hydrogens (tertiary/aromatic N) is 2. The van der Waals surface area contributed by atoms with E-state index < -0.39 is 30.0 Å². The van der Waals surface area contributed by atoms with Crippen molar-refractivity contribution >= 4 is 35.8 Å². The molecule has 5 aromatic rings. The first-order chi connectivity index (χ1) is 30.8. The Morgan fingerprint density at radius 1 is 0.651 bits per heavy atom. The van der Waals surface area contributed by atoms with Crippen LogP contribution in [0.4, 0.5) is 0 Å². The van der Waals surface area contributed by atoms with E-state index in [4.69, 9.17) is 28.4 Å². The molecule has 63 heavy (non-hydrogen) atoms. The van der Waals surface area contributed by atoms with Gasteiger partial charge in [0, 0.05) is 41.9 Å². The first kappa shape index (κ1) is 45.1. The van der Waals surface area contributed by atoms with Crippen LogP contribution in [-0.2, 0) is 41.4 Å². The highest BCUT2D eigenvalue weighted by atomic mass is 16.6. The molecule has 0 saturated carbocycles. The summed E-state index contributed by atoms with van der Waals surface area (Å²) in [6, 6.07) is 35.0. The Labute approximate surface area is 366 Å². The van der Waals surface area contributed by atoms with E-state index in [1.807, 2.05) is 54.6 Å². The Morgan fingerprint density at radius 2 is 1.27 bits per heavy atom. The van der Waals surface area contributed by atoms with Crippen molar-refractivity contribution in [2.75, 3.05) is 33.0 Å². The lowest BCUT2D eigenvalue weighted by Gasteiger charge is -2.18. The van der Waals surface area contributed by atoms with E-state index in [9.17, 15) is 19.2 Å². The highest BCUT2D eigenvalue weighted by Crippen LogP contribution is 2.36. The van der Waals surface area contributed by atoms with Crippen LogP contribution in [0.3, 0.4) is 0 Å². The maximum absolute atomic E-state index is 13.5. The van der Waals surface area contributed by atoms with E-state index in [1.165, 1.54) is 0 Å². The first-order valence-corrected chi connectivity index (χ1v) is 20.6. The van der Waals surface area contributed by atoms with Crippen molar-refractivity contribution < 1.29 is 47.6 Å². The molecular weight excluding hydrogens is 801 g/mol. The lowest BCUT2D eigenvalue weighted by atomic mass is 10.1. The fourth-order valence-corrected chi connectivity index (χ4v) is 6.54.